The van der Waals surface area contributed by atoms with Crippen molar-refractivity contribution in [3.63, 3.8) is 0 Å². The number of rotatable bonds is 3. The number of nitrogens with zero attached hydrogens (tertiary/aromatic N) is 1. The van der Waals surface area contributed by atoms with E-state index in [1.807, 2.05) is 19.1 Å². The van der Waals surface area contributed by atoms with Crippen molar-refractivity contribution in [3.8, 4) is 0 Å². The van der Waals surface area contributed by atoms with Crippen LogP contribution >= 0.6 is 0 Å². The van der Waals surface area contributed by atoms with E-state index in [2.05, 4.69) is 4.98 Å². The summed E-state index contributed by atoms with van der Waals surface area (Å²) in [5.41, 5.74) is 2.03. The zero-order valence-corrected chi connectivity index (χ0v) is 8.73. The largest absolute Gasteiger partial charge is 0.261 e. The number of hydrogen-bond acceptors (Lipinski definition) is 3. The van der Waals surface area contributed by atoms with Crippen LogP contribution in [-0.4, -0.2) is 21.2 Å². The summed E-state index contributed by atoms with van der Waals surface area (Å²) in [6, 6.07) is 3.89. The molecule has 72 valence electrons. The van der Waals surface area contributed by atoms with E-state index in [1.165, 1.54) is 6.26 Å². The standard InChI is InChI=1S/C9H14N2OS/c1-8-3-4-9(7-11-8)5-6-13(2,10)12/h3-4,7,10H,5-6H2,1-2H3. The van der Waals surface area contributed by atoms with Crippen LogP contribution in [-0.2, 0) is 16.1 Å². The van der Waals surface area contributed by atoms with Gasteiger partial charge in [0.15, 0.2) is 0 Å². The van der Waals surface area contributed by atoms with Crippen molar-refractivity contribution in [3.05, 3.63) is 29.6 Å². The maximum absolute atomic E-state index is 11.1. The second-order valence-electron chi connectivity index (χ2n) is 3.27. The summed E-state index contributed by atoms with van der Waals surface area (Å²) < 4.78 is 18.3. The molecule has 3 nitrogen and oxygen atoms in total. The molecule has 0 saturated carbocycles. The first-order valence-electron chi connectivity index (χ1n) is 4.10. The number of aryl methyl sites for hydroxylation is 2. The van der Waals surface area contributed by atoms with E-state index in [0.29, 0.717) is 12.2 Å². The van der Waals surface area contributed by atoms with Gasteiger partial charge in [0.25, 0.3) is 0 Å². The van der Waals surface area contributed by atoms with Gasteiger partial charge in [0.2, 0.25) is 0 Å². The average molecular weight is 198 g/mol. The summed E-state index contributed by atoms with van der Waals surface area (Å²) in [4.78, 5) is 4.13. The smallest absolute Gasteiger partial charge is 0.0415 e. The van der Waals surface area contributed by atoms with Crippen molar-refractivity contribution >= 4 is 9.73 Å². The Labute approximate surface area is 79.2 Å². The zero-order chi connectivity index (χ0) is 9.90. The molecule has 0 fully saturated rings. The first kappa shape index (κ1) is 10.2. The van der Waals surface area contributed by atoms with E-state index < -0.39 is 9.73 Å². The van der Waals surface area contributed by atoms with Crippen LogP contribution in [0.4, 0.5) is 0 Å². The maximum Gasteiger partial charge on any atom is 0.0415 e. The van der Waals surface area contributed by atoms with Crippen LogP contribution in [0.2, 0.25) is 0 Å². The first-order chi connectivity index (χ1) is 5.97. The Bertz CT molecular complexity index is 367. The van der Waals surface area contributed by atoms with E-state index in [4.69, 9.17) is 4.78 Å². The molecular weight excluding hydrogens is 184 g/mol. The fraction of sp³-hybridized carbons (Fsp3) is 0.444. The van der Waals surface area contributed by atoms with Crippen molar-refractivity contribution < 1.29 is 4.21 Å². The highest BCUT2D eigenvalue weighted by atomic mass is 32.2. The van der Waals surface area contributed by atoms with E-state index in [-0.39, 0.29) is 0 Å². The van der Waals surface area contributed by atoms with Gasteiger partial charge in [-0.15, -0.1) is 0 Å². The molecule has 13 heavy (non-hydrogen) atoms. The lowest BCUT2D eigenvalue weighted by Gasteiger charge is -2.01. The van der Waals surface area contributed by atoms with E-state index in [9.17, 15) is 4.21 Å². The Morgan fingerprint density at radius 1 is 1.54 bits per heavy atom. The van der Waals surface area contributed by atoms with Gasteiger partial charge in [-0.05, 0) is 25.0 Å². The van der Waals surface area contributed by atoms with E-state index in [0.717, 1.165) is 11.3 Å². The summed E-state index contributed by atoms with van der Waals surface area (Å²) in [7, 11) is -2.36. The third-order valence-corrected chi connectivity index (χ3v) is 2.74. The lowest BCUT2D eigenvalue weighted by Crippen LogP contribution is -2.04. The van der Waals surface area contributed by atoms with E-state index in [1.54, 1.807) is 6.20 Å². The van der Waals surface area contributed by atoms with Gasteiger partial charge >= 0.3 is 0 Å². The van der Waals surface area contributed by atoms with Gasteiger partial charge in [0, 0.05) is 33.6 Å². The molecule has 0 saturated heterocycles. The van der Waals surface area contributed by atoms with Crippen LogP contribution in [0.5, 0.6) is 0 Å². The Morgan fingerprint density at radius 3 is 2.69 bits per heavy atom. The van der Waals surface area contributed by atoms with E-state index >= 15 is 0 Å². The molecule has 1 aromatic heterocycles. The molecule has 4 heteroatoms. The third kappa shape index (κ3) is 4.03. The number of nitrogens with one attached hydrogen (secondary N) is 1. The molecule has 0 aliphatic rings. The third-order valence-electron chi connectivity index (χ3n) is 1.75. The zero-order valence-electron chi connectivity index (χ0n) is 7.91. The predicted octanol–water partition coefficient (Wildman–Crippen LogP) is 1.61. The number of hydrogen-bond donors (Lipinski definition) is 1. The van der Waals surface area contributed by atoms with Gasteiger partial charge in [-0.25, -0.2) is 0 Å². The fourth-order valence-electron chi connectivity index (χ4n) is 0.959. The topological polar surface area (TPSA) is 53.8 Å². The van der Waals surface area contributed by atoms with Gasteiger partial charge in [-0.1, -0.05) is 6.07 Å². The van der Waals surface area contributed by atoms with Crippen LogP contribution in [0.1, 0.15) is 11.3 Å². The Kier molecular flexibility index (Phi) is 3.03. The number of pyridine rings is 1. The predicted molar refractivity (Wildman–Crippen MR) is 54.3 cm³/mol. The molecule has 1 heterocycles. The highest BCUT2D eigenvalue weighted by molar-refractivity contribution is 7.91. The quantitative estimate of drug-likeness (QED) is 0.802. The van der Waals surface area contributed by atoms with Gasteiger partial charge in [-0.2, -0.15) is 0 Å². The molecule has 0 spiro atoms. The van der Waals surface area contributed by atoms with Gasteiger partial charge in [0.1, 0.15) is 0 Å². The first-order valence-corrected chi connectivity index (χ1v) is 6.24. The summed E-state index contributed by atoms with van der Waals surface area (Å²) in [5.74, 6) is 0.414. The van der Waals surface area contributed by atoms with Crippen molar-refractivity contribution in [1.29, 1.82) is 4.78 Å². The van der Waals surface area contributed by atoms with Crippen molar-refractivity contribution in [2.24, 2.45) is 0 Å². The van der Waals surface area contributed by atoms with Gasteiger partial charge < -0.3 is 0 Å². The molecule has 1 aromatic rings. The molecule has 0 aliphatic heterocycles. The van der Waals surface area contributed by atoms with Crippen LogP contribution in [0.3, 0.4) is 0 Å². The second kappa shape index (κ2) is 3.87. The monoisotopic (exact) mass is 198 g/mol. The molecular formula is C9H14N2OS. The summed E-state index contributed by atoms with van der Waals surface area (Å²) in [6.07, 6.45) is 3.92. The summed E-state index contributed by atoms with van der Waals surface area (Å²) in [6.45, 7) is 1.93. The normalized spacial score (nSPS) is 15.2. The van der Waals surface area contributed by atoms with Crippen LogP contribution < -0.4 is 0 Å². The van der Waals surface area contributed by atoms with Crippen LogP contribution in [0, 0.1) is 11.7 Å². The molecule has 1 atom stereocenters. The van der Waals surface area contributed by atoms with Crippen molar-refractivity contribution in [2.45, 2.75) is 13.3 Å². The maximum atomic E-state index is 11.1. The molecule has 0 bridgehead atoms. The Hall–Kier alpha value is -0.900. The molecule has 1 unspecified atom stereocenters. The van der Waals surface area contributed by atoms with Crippen molar-refractivity contribution in [2.75, 3.05) is 12.0 Å². The fourth-order valence-corrected chi connectivity index (χ4v) is 1.58. The molecule has 1 N–H and O–H groups in total. The molecule has 0 radical (unpaired) electrons. The minimum atomic E-state index is -2.36. The number of aromatic nitrogens is 1. The SMILES string of the molecule is Cc1ccc(CCS(C)(=N)=O)cn1. The molecule has 1 rings (SSSR count). The lowest BCUT2D eigenvalue weighted by atomic mass is 10.2. The second-order valence-corrected chi connectivity index (χ2v) is 5.69. The molecule has 0 aliphatic carbocycles. The minimum absolute atomic E-state index is 0.414. The van der Waals surface area contributed by atoms with Crippen molar-refractivity contribution in [1.82, 2.24) is 4.98 Å². The lowest BCUT2D eigenvalue weighted by molar-refractivity contribution is 0.678. The summed E-state index contributed by atoms with van der Waals surface area (Å²) in [5, 5.41) is 0. The molecule has 0 amide bonds. The summed E-state index contributed by atoms with van der Waals surface area (Å²) >= 11 is 0. The minimum Gasteiger partial charge on any atom is -0.261 e. The highest BCUT2D eigenvalue weighted by Crippen LogP contribution is 2.01. The Morgan fingerprint density at radius 2 is 2.23 bits per heavy atom. The van der Waals surface area contributed by atoms with Gasteiger partial charge in [-0.3, -0.25) is 14.0 Å². The average Bonchev–Trinajstić information content (AvgIpc) is 2.02. The Balaban J connectivity index is 2.61. The highest BCUT2D eigenvalue weighted by Gasteiger charge is 1.99. The van der Waals surface area contributed by atoms with Crippen LogP contribution in [0.25, 0.3) is 0 Å². The van der Waals surface area contributed by atoms with Crippen LogP contribution in [0.15, 0.2) is 18.3 Å². The molecule has 0 aromatic carbocycles. The van der Waals surface area contributed by atoms with Gasteiger partial charge in [0.05, 0.1) is 0 Å².